The molecule has 8 heteroatoms. The normalized spacial score (nSPS) is 21.2. The van der Waals surface area contributed by atoms with Crippen molar-refractivity contribution in [1.29, 1.82) is 0 Å². The first-order valence-electron chi connectivity index (χ1n) is 8.30. The van der Waals surface area contributed by atoms with Gasteiger partial charge in [0.15, 0.2) is 5.82 Å². The summed E-state index contributed by atoms with van der Waals surface area (Å²) in [4.78, 5) is 10.8. The molecule has 1 aliphatic heterocycles. The van der Waals surface area contributed by atoms with Crippen molar-refractivity contribution < 1.29 is 9.84 Å². The number of β-amino-alcohol motifs (C(OH)–C–C–N with tert-alkyl or cyclic N) is 1. The molecule has 1 N–H and O–H groups in total. The molecule has 0 amide bonds. The van der Waals surface area contributed by atoms with Crippen LogP contribution in [0, 0.1) is 5.92 Å². The van der Waals surface area contributed by atoms with Crippen LogP contribution in [0.5, 0.6) is 5.88 Å². The number of aliphatic hydroxyl groups is 1. The minimum atomic E-state index is -0.859. The molecule has 1 saturated heterocycles. The lowest BCUT2D eigenvalue weighted by Crippen LogP contribution is -2.51. The molecule has 0 radical (unpaired) electrons. The van der Waals surface area contributed by atoms with E-state index in [2.05, 4.69) is 39.0 Å². The number of aromatic nitrogens is 5. The van der Waals surface area contributed by atoms with Crippen molar-refractivity contribution in [3.63, 3.8) is 0 Å². The third-order valence-corrected chi connectivity index (χ3v) is 3.97. The van der Waals surface area contributed by atoms with Crippen LogP contribution in [0.2, 0.25) is 0 Å². The fraction of sp³-hybridized carbons (Fsp3) is 0.625. The summed E-state index contributed by atoms with van der Waals surface area (Å²) in [6.45, 7) is 6.52. The summed E-state index contributed by atoms with van der Waals surface area (Å²) in [5, 5.41) is 18.7. The summed E-state index contributed by atoms with van der Waals surface area (Å²) in [7, 11) is 0. The largest absolute Gasteiger partial charge is 0.476 e. The Bertz CT molecular complexity index is 648. The van der Waals surface area contributed by atoms with Crippen molar-refractivity contribution in [3.8, 4) is 5.88 Å². The zero-order valence-electron chi connectivity index (χ0n) is 14.2. The summed E-state index contributed by atoms with van der Waals surface area (Å²) in [5.41, 5.74) is -0.859. The highest BCUT2D eigenvalue weighted by molar-refractivity contribution is 5.39. The summed E-state index contributed by atoms with van der Waals surface area (Å²) < 4.78 is 7.31. The van der Waals surface area contributed by atoms with Gasteiger partial charge in [-0.05, 0) is 18.8 Å². The van der Waals surface area contributed by atoms with E-state index in [1.807, 2.05) is 0 Å². The molecule has 3 rings (SSSR count). The zero-order chi connectivity index (χ0) is 17.0. The van der Waals surface area contributed by atoms with Gasteiger partial charge in [-0.2, -0.15) is 4.98 Å². The first-order valence-corrected chi connectivity index (χ1v) is 8.30. The summed E-state index contributed by atoms with van der Waals surface area (Å²) in [5.74, 6) is 1.68. The van der Waals surface area contributed by atoms with Crippen molar-refractivity contribution in [2.24, 2.45) is 5.92 Å². The van der Waals surface area contributed by atoms with Crippen LogP contribution in [0.25, 0.3) is 0 Å². The van der Waals surface area contributed by atoms with Crippen LogP contribution < -0.4 is 9.64 Å². The van der Waals surface area contributed by atoms with Crippen molar-refractivity contribution >= 4 is 5.82 Å². The molecule has 2 aromatic rings. The summed E-state index contributed by atoms with van der Waals surface area (Å²) in [6, 6.07) is 0. The molecule has 24 heavy (non-hydrogen) atoms. The van der Waals surface area contributed by atoms with E-state index in [0.29, 0.717) is 31.5 Å². The fourth-order valence-corrected chi connectivity index (χ4v) is 2.87. The number of nitrogens with zero attached hydrogens (tertiary/aromatic N) is 6. The maximum Gasteiger partial charge on any atom is 0.234 e. The lowest BCUT2D eigenvalue weighted by atomic mass is 9.93. The van der Waals surface area contributed by atoms with E-state index < -0.39 is 5.60 Å². The van der Waals surface area contributed by atoms with Gasteiger partial charge in [0.05, 0.1) is 31.7 Å². The molecule has 130 valence electrons. The molecule has 1 unspecified atom stereocenters. The number of piperidine rings is 1. The third kappa shape index (κ3) is 4.19. The average molecular weight is 332 g/mol. The number of hydrogen-bond donors (Lipinski definition) is 1. The average Bonchev–Trinajstić information content (AvgIpc) is 3.05. The van der Waals surface area contributed by atoms with Crippen LogP contribution in [-0.2, 0) is 6.54 Å². The van der Waals surface area contributed by atoms with Crippen molar-refractivity contribution in [1.82, 2.24) is 25.0 Å². The van der Waals surface area contributed by atoms with Gasteiger partial charge in [-0.3, -0.25) is 4.98 Å². The predicted molar refractivity (Wildman–Crippen MR) is 88.8 cm³/mol. The Balaban J connectivity index is 1.69. The Kier molecular flexibility index (Phi) is 4.94. The molecule has 1 atom stereocenters. The number of hydrogen-bond acceptors (Lipinski definition) is 7. The van der Waals surface area contributed by atoms with E-state index >= 15 is 0 Å². The summed E-state index contributed by atoms with van der Waals surface area (Å²) in [6.07, 6.45) is 8.31. The van der Waals surface area contributed by atoms with Crippen LogP contribution in [-0.4, -0.2) is 55.4 Å². The van der Waals surface area contributed by atoms with Crippen LogP contribution in [0.4, 0.5) is 5.82 Å². The Morgan fingerprint density at radius 1 is 1.38 bits per heavy atom. The van der Waals surface area contributed by atoms with E-state index in [-0.39, 0.29) is 0 Å². The van der Waals surface area contributed by atoms with Crippen molar-refractivity contribution in [2.45, 2.75) is 38.8 Å². The highest BCUT2D eigenvalue weighted by Crippen LogP contribution is 2.26. The Morgan fingerprint density at radius 3 is 3.00 bits per heavy atom. The minimum Gasteiger partial charge on any atom is -0.476 e. The Morgan fingerprint density at radius 2 is 2.25 bits per heavy atom. The van der Waals surface area contributed by atoms with Gasteiger partial charge in [-0.15, -0.1) is 5.10 Å². The van der Waals surface area contributed by atoms with Gasteiger partial charge >= 0.3 is 0 Å². The third-order valence-electron chi connectivity index (χ3n) is 3.97. The highest BCUT2D eigenvalue weighted by atomic mass is 16.5. The van der Waals surface area contributed by atoms with Gasteiger partial charge in [0.25, 0.3) is 0 Å². The second-order valence-corrected chi connectivity index (χ2v) is 6.77. The molecule has 0 saturated carbocycles. The lowest BCUT2D eigenvalue weighted by Gasteiger charge is -2.39. The molecule has 0 bridgehead atoms. The van der Waals surface area contributed by atoms with E-state index in [1.54, 1.807) is 29.5 Å². The molecule has 3 heterocycles. The maximum absolute atomic E-state index is 10.9. The molecule has 1 fully saturated rings. The zero-order valence-corrected chi connectivity index (χ0v) is 14.2. The molecular weight excluding hydrogens is 308 g/mol. The molecular formula is C16H24N6O2. The van der Waals surface area contributed by atoms with Crippen LogP contribution in [0.15, 0.2) is 24.8 Å². The molecule has 1 aliphatic rings. The van der Waals surface area contributed by atoms with Gasteiger partial charge < -0.3 is 14.7 Å². The highest BCUT2D eigenvalue weighted by Gasteiger charge is 2.34. The maximum atomic E-state index is 10.9. The molecule has 0 aliphatic carbocycles. The first-order chi connectivity index (χ1) is 11.5. The number of ether oxygens (including phenoxy) is 1. The SMILES string of the molecule is CC(C)COc1cncc(N2CCCC(O)(Cn3ccnn3)C2)n1. The van der Waals surface area contributed by atoms with Gasteiger partial charge in [-0.25, -0.2) is 4.68 Å². The molecule has 2 aromatic heterocycles. The van der Waals surface area contributed by atoms with Crippen molar-refractivity contribution in [2.75, 3.05) is 24.6 Å². The molecule has 8 nitrogen and oxygen atoms in total. The van der Waals surface area contributed by atoms with Gasteiger partial charge in [0.1, 0.15) is 5.60 Å². The van der Waals surface area contributed by atoms with E-state index in [0.717, 1.165) is 25.2 Å². The van der Waals surface area contributed by atoms with Gasteiger partial charge in [-0.1, -0.05) is 19.1 Å². The Labute approximate surface area is 141 Å². The monoisotopic (exact) mass is 332 g/mol. The number of anilines is 1. The topological polar surface area (TPSA) is 89.2 Å². The molecule has 0 spiro atoms. The van der Waals surface area contributed by atoms with Gasteiger partial charge in [0, 0.05) is 19.3 Å². The van der Waals surface area contributed by atoms with E-state index in [1.165, 1.54) is 0 Å². The second kappa shape index (κ2) is 7.12. The van der Waals surface area contributed by atoms with E-state index in [4.69, 9.17) is 4.74 Å². The number of rotatable bonds is 6. The smallest absolute Gasteiger partial charge is 0.234 e. The first kappa shape index (κ1) is 16.6. The van der Waals surface area contributed by atoms with E-state index in [9.17, 15) is 5.11 Å². The van der Waals surface area contributed by atoms with Crippen LogP contribution >= 0.6 is 0 Å². The predicted octanol–water partition coefficient (Wildman–Crippen LogP) is 1.13. The summed E-state index contributed by atoms with van der Waals surface area (Å²) >= 11 is 0. The fourth-order valence-electron chi connectivity index (χ4n) is 2.87. The lowest BCUT2D eigenvalue weighted by molar-refractivity contribution is 0.00580. The van der Waals surface area contributed by atoms with Crippen LogP contribution in [0.1, 0.15) is 26.7 Å². The second-order valence-electron chi connectivity index (χ2n) is 6.77. The standard InChI is InChI=1S/C16H24N6O2/c1-13(2)10-24-15-9-17-8-14(19-15)21-6-3-4-16(23,11-21)12-22-7-5-18-20-22/h5,7-9,13,23H,3-4,6,10-12H2,1-2H3. The molecule has 0 aromatic carbocycles. The van der Waals surface area contributed by atoms with Crippen molar-refractivity contribution in [3.05, 3.63) is 24.8 Å². The quantitative estimate of drug-likeness (QED) is 0.848. The Hall–Kier alpha value is -2.22. The minimum absolute atomic E-state index is 0.417. The van der Waals surface area contributed by atoms with Crippen LogP contribution in [0.3, 0.4) is 0 Å². The van der Waals surface area contributed by atoms with Gasteiger partial charge in [0.2, 0.25) is 5.88 Å².